The Labute approximate surface area is 139 Å². The van der Waals surface area contributed by atoms with Gasteiger partial charge in [-0.2, -0.15) is 0 Å². The van der Waals surface area contributed by atoms with E-state index in [1.807, 2.05) is 0 Å². The van der Waals surface area contributed by atoms with Gasteiger partial charge in [-0.25, -0.2) is 4.98 Å². The third kappa shape index (κ3) is 4.22. The van der Waals surface area contributed by atoms with Crippen LogP contribution in [0, 0.1) is 17.0 Å². The fraction of sp³-hybridized carbons (Fsp3) is 0.167. The maximum atomic E-state index is 12.2. The summed E-state index contributed by atoms with van der Waals surface area (Å²) < 4.78 is 40.4. The number of anilines is 2. The summed E-state index contributed by atoms with van der Waals surface area (Å²) in [5.41, 5.74) is -1.61. The van der Waals surface area contributed by atoms with Crippen molar-refractivity contribution >= 4 is 33.1 Å². The molecule has 0 aliphatic carbocycles. The average molecular weight is 409 g/mol. The SMILES string of the molecule is Cc1nc(Nc2ccc(OC(F)(F)F)cc2Br)c([N+](=O)[O-])c(=O)[nH]1. The van der Waals surface area contributed by atoms with Crippen LogP contribution in [-0.4, -0.2) is 21.3 Å². The molecule has 0 aliphatic heterocycles. The van der Waals surface area contributed by atoms with Gasteiger partial charge in [-0.1, -0.05) is 0 Å². The normalized spacial score (nSPS) is 11.2. The van der Waals surface area contributed by atoms with Gasteiger partial charge in [0.15, 0.2) is 0 Å². The maximum absolute atomic E-state index is 12.2. The maximum Gasteiger partial charge on any atom is 0.573 e. The van der Waals surface area contributed by atoms with Crippen LogP contribution in [0.3, 0.4) is 0 Å². The first kappa shape index (κ1) is 17.7. The van der Waals surface area contributed by atoms with Crippen LogP contribution >= 0.6 is 15.9 Å². The largest absolute Gasteiger partial charge is 0.573 e. The number of aromatic nitrogens is 2. The molecular formula is C12H8BrF3N4O4. The first-order chi connectivity index (χ1) is 11.1. The van der Waals surface area contributed by atoms with Gasteiger partial charge in [-0.15, -0.1) is 13.2 Å². The molecule has 0 bridgehead atoms. The van der Waals surface area contributed by atoms with Gasteiger partial charge in [-0.05, 0) is 41.1 Å². The van der Waals surface area contributed by atoms with Gasteiger partial charge >= 0.3 is 17.6 Å². The zero-order chi connectivity index (χ0) is 18.1. The average Bonchev–Trinajstić information content (AvgIpc) is 2.38. The number of benzene rings is 1. The van der Waals surface area contributed by atoms with Crippen LogP contribution in [0.4, 0.5) is 30.4 Å². The van der Waals surface area contributed by atoms with E-state index in [9.17, 15) is 28.1 Å². The molecule has 128 valence electrons. The van der Waals surface area contributed by atoms with Crippen molar-refractivity contribution in [3.05, 3.63) is 49.0 Å². The summed E-state index contributed by atoms with van der Waals surface area (Å²) >= 11 is 3.02. The van der Waals surface area contributed by atoms with Crippen LogP contribution in [0.2, 0.25) is 0 Å². The number of hydrogen-bond acceptors (Lipinski definition) is 6. The molecule has 2 rings (SSSR count). The molecule has 24 heavy (non-hydrogen) atoms. The molecule has 1 aromatic heterocycles. The van der Waals surface area contributed by atoms with Crippen molar-refractivity contribution in [3.63, 3.8) is 0 Å². The van der Waals surface area contributed by atoms with E-state index in [2.05, 4.69) is 36.0 Å². The Morgan fingerprint density at radius 2 is 2.08 bits per heavy atom. The summed E-state index contributed by atoms with van der Waals surface area (Å²) in [6.07, 6.45) is -4.85. The van der Waals surface area contributed by atoms with Gasteiger partial charge in [-0.3, -0.25) is 14.9 Å². The number of aryl methyl sites for hydroxylation is 1. The fourth-order valence-corrected chi connectivity index (χ4v) is 2.21. The smallest absolute Gasteiger partial charge is 0.406 e. The summed E-state index contributed by atoms with van der Waals surface area (Å²) in [6.45, 7) is 1.42. The van der Waals surface area contributed by atoms with E-state index in [4.69, 9.17) is 0 Å². The number of nitro groups is 1. The summed E-state index contributed by atoms with van der Waals surface area (Å²) in [6, 6.07) is 3.21. The van der Waals surface area contributed by atoms with Gasteiger partial charge in [0.2, 0.25) is 5.82 Å². The number of H-pyrrole nitrogens is 1. The minimum atomic E-state index is -4.85. The lowest BCUT2D eigenvalue weighted by molar-refractivity contribution is -0.385. The molecule has 2 N–H and O–H groups in total. The second kappa shape index (κ2) is 6.47. The highest BCUT2D eigenvalue weighted by Gasteiger charge is 2.31. The Kier molecular flexibility index (Phi) is 4.78. The highest BCUT2D eigenvalue weighted by atomic mass is 79.9. The molecule has 0 saturated carbocycles. The third-order valence-corrected chi connectivity index (χ3v) is 3.28. The number of alkyl halides is 3. The van der Waals surface area contributed by atoms with Crippen molar-refractivity contribution in [3.8, 4) is 5.75 Å². The Morgan fingerprint density at radius 3 is 2.62 bits per heavy atom. The molecule has 1 heterocycles. The van der Waals surface area contributed by atoms with Crippen molar-refractivity contribution < 1.29 is 22.8 Å². The lowest BCUT2D eigenvalue weighted by Gasteiger charge is -2.12. The highest BCUT2D eigenvalue weighted by Crippen LogP contribution is 2.33. The van der Waals surface area contributed by atoms with E-state index in [1.165, 1.54) is 13.0 Å². The van der Waals surface area contributed by atoms with Crippen LogP contribution in [0.5, 0.6) is 5.75 Å². The van der Waals surface area contributed by atoms with Gasteiger partial charge in [0.05, 0.1) is 10.6 Å². The number of nitrogens with zero attached hydrogens (tertiary/aromatic N) is 2. The van der Waals surface area contributed by atoms with Gasteiger partial charge in [0.1, 0.15) is 11.6 Å². The van der Waals surface area contributed by atoms with Gasteiger partial charge in [0.25, 0.3) is 0 Å². The second-order valence-electron chi connectivity index (χ2n) is 4.42. The molecule has 0 amide bonds. The molecule has 0 spiro atoms. The summed E-state index contributed by atoms with van der Waals surface area (Å²) in [7, 11) is 0. The number of hydrogen-bond donors (Lipinski definition) is 2. The van der Waals surface area contributed by atoms with Crippen molar-refractivity contribution in [2.24, 2.45) is 0 Å². The summed E-state index contributed by atoms with van der Waals surface area (Å²) in [4.78, 5) is 27.8. The van der Waals surface area contributed by atoms with Crippen molar-refractivity contribution in [2.75, 3.05) is 5.32 Å². The van der Waals surface area contributed by atoms with Crippen molar-refractivity contribution in [2.45, 2.75) is 13.3 Å². The van der Waals surface area contributed by atoms with E-state index < -0.39 is 28.3 Å². The highest BCUT2D eigenvalue weighted by molar-refractivity contribution is 9.10. The minimum Gasteiger partial charge on any atom is -0.406 e. The standard InChI is InChI=1S/C12H8BrF3N4O4/c1-5-17-10(9(20(22)23)11(21)18-5)19-8-3-2-6(4-7(8)13)24-12(14,15)16/h2-4H,1H3,(H2,17,18,19,21). The van der Waals surface area contributed by atoms with Crippen LogP contribution in [0.1, 0.15) is 5.82 Å². The van der Waals surface area contributed by atoms with Crippen LogP contribution in [0.15, 0.2) is 27.5 Å². The molecule has 12 heteroatoms. The lowest BCUT2D eigenvalue weighted by Crippen LogP contribution is -2.17. The van der Waals surface area contributed by atoms with Gasteiger partial charge in [0, 0.05) is 4.47 Å². The lowest BCUT2D eigenvalue weighted by atomic mass is 10.3. The zero-order valence-electron chi connectivity index (χ0n) is 11.8. The molecule has 0 atom stereocenters. The third-order valence-electron chi connectivity index (χ3n) is 2.62. The zero-order valence-corrected chi connectivity index (χ0v) is 13.4. The fourth-order valence-electron chi connectivity index (χ4n) is 1.76. The summed E-state index contributed by atoms with van der Waals surface area (Å²) in [5.74, 6) is -0.697. The number of rotatable bonds is 4. The Hall–Kier alpha value is -2.63. The van der Waals surface area contributed by atoms with Crippen LogP contribution < -0.4 is 15.6 Å². The number of ether oxygens (including phenoxy) is 1. The molecule has 0 unspecified atom stereocenters. The predicted molar refractivity (Wildman–Crippen MR) is 80.4 cm³/mol. The quantitative estimate of drug-likeness (QED) is 0.592. The van der Waals surface area contributed by atoms with E-state index in [-0.39, 0.29) is 21.8 Å². The topological polar surface area (TPSA) is 110 Å². The molecule has 8 nitrogen and oxygen atoms in total. The number of nitrogens with one attached hydrogen (secondary N) is 2. The number of halogens is 4. The first-order valence-corrected chi connectivity index (χ1v) is 6.94. The van der Waals surface area contributed by atoms with E-state index >= 15 is 0 Å². The van der Waals surface area contributed by atoms with E-state index in [1.54, 1.807) is 0 Å². The number of aromatic amines is 1. The van der Waals surface area contributed by atoms with Crippen molar-refractivity contribution in [1.82, 2.24) is 9.97 Å². The van der Waals surface area contributed by atoms with E-state index in [0.717, 1.165) is 12.1 Å². The molecule has 0 radical (unpaired) electrons. The van der Waals surface area contributed by atoms with Crippen LogP contribution in [0.25, 0.3) is 0 Å². The Bertz CT molecular complexity index is 853. The molecule has 0 fully saturated rings. The second-order valence-corrected chi connectivity index (χ2v) is 5.27. The molecule has 1 aromatic carbocycles. The van der Waals surface area contributed by atoms with Crippen LogP contribution in [-0.2, 0) is 0 Å². The molecule has 0 saturated heterocycles. The van der Waals surface area contributed by atoms with E-state index in [0.29, 0.717) is 0 Å². The molecule has 0 aliphatic rings. The molecule has 2 aromatic rings. The first-order valence-electron chi connectivity index (χ1n) is 6.14. The monoisotopic (exact) mass is 408 g/mol. The summed E-state index contributed by atoms with van der Waals surface area (Å²) in [5, 5.41) is 13.5. The van der Waals surface area contributed by atoms with Crippen molar-refractivity contribution in [1.29, 1.82) is 0 Å². The predicted octanol–water partition coefficient (Wildman–Crippen LogP) is 3.39. The molecular weight excluding hydrogens is 401 g/mol. The minimum absolute atomic E-state index is 0.123. The Morgan fingerprint density at radius 1 is 1.42 bits per heavy atom. The Balaban J connectivity index is 2.39. The van der Waals surface area contributed by atoms with Gasteiger partial charge < -0.3 is 15.0 Å².